The molecule has 2 aliphatic heterocycles. The van der Waals surface area contributed by atoms with Crippen molar-refractivity contribution < 1.29 is 54.3 Å². The van der Waals surface area contributed by atoms with Crippen molar-refractivity contribution in [2.75, 3.05) is 26.9 Å². The first kappa shape index (κ1) is 25.0. The maximum Gasteiger partial charge on any atom is 0.187 e. The fourth-order valence-corrected chi connectivity index (χ4v) is 3.36. The number of hydrogen-bond acceptors (Lipinski definition) is 11. The molecule has 180 valence electrons. The van der Waals surface area contributed by atoms with E-state index in [4.69, 9.17) is 23.7 Å². The molecule has 0 unspecified atom stereocenters. The molecule has 2 aliphatic rings. The molecule has 0 amide bonds. The molecular weight excluding hydrogens is 428 g/mol. The Balaban J connectivity index is 1.51. The Morgan fingerprint density at radius 1 is 0.875 bits per heavy atom. The van der Waals surface area contributed by atoms with Gasteiger partial charge in [0.15, 0.2) is 12.6 Å². The van der Waals surface area contributed by atoms with Crippen LogP contribution in [0.5, 0.6) is 5.75 Å². The minimum absolute atomic E-state index is 0.0542. The van der Waals surface area contributed by atoms with E-state index in [1.54, 1.807) is 19.3 Å². The first-order valence-electron chi connectivity index (χ1n) is 10.2. The van der Waals surface area contributed by atoms with Gasteiger partial charge >= 0.3 is 0 Å². The molecule has 0 saturated carbocycles. The van der Waals surface area contributed by atoms with Crippen molar-refractivity contribution in [1.29, 1.82) is 0 Å². The molecule has 3 rings (SSSR count). The standard InChI is InChI=1S/C21H30O11/c1-28-12-6-4-11(5-7-12)3-2-8-29-21-19(27)17(25)16(24)14(32-21)10-31-20-18(26)15(23)13(22)9-30-20/h2-7,13-27H,8-10H2,1H3/t13-,14+,15-,16+,17-,18+,19+,20-,21-/m0/s1. The molecular formula is C21H30O11. The molecule has 32 heavy (non-hydrogen) atoms. The Morgan fingerprint density at radius 3 is 2.25 bits per heavy atom. The zero-order valence-electron chi connectivity index (χ0n) is 17.5. The van der Waals surface area contributed by atoms with Crippen LogP contribution in [0.1, 0.15) is 5.56 Å². The van der Waals surface area contributed by atoms with Crippen molar-refractivity contribution >= 4 is 6.08 Å². The lowest BCUT2D eigenvalue weighted by atomic mass is 9.99. The molecule has 2 fully saturated rings. The van der Waals surface area contributed by atoms with Crippen LogP contribution in [-0.4, -0.2) is 113 Å². The predicted molar refractivity (Wildman–Crippen MR) is 108 cm³/mol. The summed E-state index contributed by atoms with van der Waals surface area (Å²) in [5.41, 5.74) is 0.902. The van der Waals surface area contributed by atoms with Crippen molar-refractivity contribution in [2.45, 2.75) is 55.3 Å². The summed E-state index contributed by atoms with van der Waals surface area (Å²) in [6, 6.07) is 7.33. The monoisotopic (exact) mass is 458 g/mol. The summed E-state index contributed by atoms with van der Waals surface area (Å²) in [6.07, 6.45) is -8.88. The lowest BCUT2D eigenvalue weighted by Gasteiger charge is -2.41. The molecule has 0 aliphatic carbocycles. The van der Waals surface area contributed by atoms with Crippen molar-refractivity contribution in [3.05, 3.63) is 35.9 Å². The number of ether oxygens (including phenoxy) is 5. The Morgan fingerprint density at radius 2 is 1.56 bits per heavy atom. The van der Waals surface area contributed by atoms with Crippen molar-refractivity contribution in [3.8, 4) is 5.75 Å². The van der Waals surface area contributed by atoms with Crippen molar-refractivity contribution in [2.24, 2.45) is 0 Å². The number of methoxy groups -OCH3 is 1. The molecule has 1 aromatic rings. The number of aliphatic hydroxyl groups excluding tert-OH is 6. The minimum atomic E-state index is -1.56. The maximum atomic E-state index is 10.2. The number of aliphatic hydroxyl groups is 6. The average molecular weight is 458 g/mol. The molecule has 9 atom stereocenters. The summed E-state index contributed by atoms with van der Waals surface area (Å²) in [4.78, 5) is 0. The van der Waals surface area contributed by atoms with Gasteiger partial charge in [0.05, 0.1) is 26.9 Å². The number of rotatable bonds is 8. The highest BCUT2D eigenvalue weighted by Gasteiger charge is 2.45. The van der Waals surface area contributed by atoms with Crippen LogP contribution in [0.15, 0.2) is 30.3 Å². The number of hydrogen-bond donors (Lipinski definition) is 6. The predicted octanol–water partition coefficient (Wildman–Crippen LogP) is -2.01. The van der Waals surface area contributed by atoms with E-state index in [0.29, 0.717) is 0 Å². The molecule has 1 aromatic carbocycles. The Hall–Kier alpha value is -1.64. The normalized spacial score (nSPS) is 38.2. The molecule has 0 spiro atoms. The van der Waals surface area contributed by atoms with Gasteiger partial charge in [-0.1, -0.05) is 24.3 Å². The van der Waals surface area contributed by atoms with Crippen molar-refractivity contribution in [3.63, 3.8) is 0 Å². The summed E-state index contributed by atoms with van der Waals surface area (Å²) in [5.74, 6) is 0.731. The van der Waals surface area contributed by atoms with Gasteiger partial charge in [0.25, 0.3) is 0 Å². The van der Waals surface area contributed by atoms with Crippen LogP contribution in [0.3, 0.4) is 0 Å². The van der Waals surface area contributed by atoms with E-state index in [0.717, 1.165) is 11.3 Å². The van der Waals surface area contributed by atoms with E-state index in [2.05, 4.69) is 0 Å². The second-order valence-electron chi connectivity index (χ2n) is 7.61. The molecule has 0 aromatic heterocycles. The van der Waals surface area contributed by atoms with Gasteiger partial charge in [-0.25, -0.2) is 0 Å². The van der Waals surface area contributed by atoms with Gasteiger partial charge < -0.3 is 54.3 Å². The van der Waals surface area contributed by atoms with Crippen LogP contribution >= 0.6 is 0 Å². The summed E-state index contributed by atoms with van der Waals surface area (Å²) in [7, 11) is 1.58. The first-order chi connectivity index (χ1) is 15.3. The highest BCUT2D eigenvalue weighted by Crippen LogP contribution is 2.24. The van der Waals surface area contributed by atoms with Gasteiger partial charge in [-0.15, -0.1) is 0 Å². The third-order valence-corrected chi connectivity index (χ3v) is 5.33. The highest BCUT2D eigenvalue weighted by atomic mass is 16.7. The van der Waals surface area contributed by atoms with Crippen LogP contribution in [0, 0.1) is 0 Å². The lowest BCUT2D eigenvalue weighted by Crippen LogP contribution is -2.60. The molecule has 2 saturated heterocycles. The molecule has 0 bridgehead atoms. The van der Waals surface area contributed by atoms with Gasteiger partial charge in [-0.2, -0.15) is 0 Å². The molecule has 11 heteroatoms. The van der Waals surface area contributed by atoms with Gasteiger partial charge in [0, 0.05) is 0 Å². The van der Waals surface area contributed by atoms with E-state index < -0.39 is 55.3 Å². The molecule has 2 heterocycles. The van der Waals surface area contributed by atoms with Crippen LogP contribution in [0.25, 0.3) is 6.08 Å². The highest BCUT2D eigenvalue weighted by molar-refractivity contribution is 5.50. The van der Waals surface area contributed by atoms with Gasteiger partial charge in [-0.05, 0) is 17.7 Å². The van der Waals surface area contributed by atoms with Gasteiger partial charge in [0.2, 0.25) is 0 Å². The van der Waals surface area contributed by atoms with Crippen LogP contribution < -0.4 is 4.74 Å². The third-order valence-electron chi connectivity index (χ3n) is 5.33. The van der Waals surface area contributed by atoms with Crippen LogP contribution in [-0.2, 0) is 18.9 Å². The van der Waals surface area contributed by atoms with Crippen LogP contribution in [0.4, 0.5) is 0 Å². The summed E-state index contributed by atoms with van der Waals surface area (Å²) < 4.78 is 26.6. The Labute approximate surface area is 185 Å². The van der Waals surface area contributed by atoms with E-state index in [1.165, 1.54) is 0 Å². The molecule has 11 nitrogen and oxygen atoms in total. The van der Waals surface area contributed by atoms with E-state index >= 15 is 0 Å². The lowest BCUT2D eigenvalue weighted by molar-refractivity contribution is -0.319. The fraction of sp³-hybridized carbons (Fsp3) is 0.619. The summed E-state index contributed by atoms with van der Waals surface area (Å²) in [5, 5.41) is 59.6. The SMILES string of the molecule is COc1ccc(C=CCO[C@H]2O[C@H](CO[C@@H]3OC[C@H](O)[C@H](O)[C@H]3O)[C@@H](O)[C@H](O)[C@H]2O)cc1. The summed E-state index contributed by atoms with van der Waals surface area (Å²) in [6.45, 7) is -0.527. The van der Waals surface area contributed by atoms with Gasteiger partial charge in [0.1, 0.15) is 48.5 Å². The quantitative estimate of drug-likeness (QED) is 0.255. The van der Waals surface area contributed by atoms with E-state index in [-0.39, 0.29) is 19.8 Å². The second-order valence-corrected chi connectivity index (χ2v) is 7.61. The Kier molecular flexibility index (Phi) is 8.96. The zero-order chi connectivity index (χ0) is 23.3. The summed E-state index contributed by atoms with van der Waals surface area (Å²) >= 11 is 0. The minimum Gasteiger partial charge on any atom is -0.497 e. The number of benzene rings is 1. The van der Waals surface area contributed by atoms with Gasteiger partial charge in [-0.3, -0.25) is 0 Å². The van der Waals surface area contributed by atoms with E-state index in [1.807, 2.05) is 24.3 Å². The van der Waals surface area contributed by atoms with Crippen LogP contribution in [0.2, 0.25) is 0 Å². The topological polar surface area (TPSA) is 168 Å². The first-order valence-corrected chi connectivity index (χ1v) is 10.2. The van der Waals surface area contributed by atoms with Crippen molar-refractivity contribution in [1.82, 2.24) is 0 Å². The molecule has 6 N–H and O–H groups in total. The molecule has 0 radical (unpaired) electrons. The largest absolute Gasteiger partial charge is 0.497 e. The zero-order valence-corrected chi connectivity index (χ0v) is 17.5. The second kappa shape index (κ2) is 11.5. The smallest absolute Gasteiger partial charge is 0.187 e. The van der Waals surface area contributed by atoms with E-state index in [9.17, 15) is 30.6 Å². The maximum absolute atomic E-state index is 10.2. The average Bonchev–Trinajstić information content (AvgIpc) is 2.80. The Bertz CT molecular complexity index is 727. The fourth-order valence-electron chi connectivity index (χ4n) is 3.36. The third kappa shape index (κ3) is 6.02.